The van der Waals surface area contributed by atoms with Gasteiger partial charge in [0.05, 0.1) is 6.61 Å². The minimum Gasteiger partial charge on any atom is -0.383 e. The fourth-order valence-electron chi connectivity index (χ4n) is 2.99. The molecule has 2 heteroatoms. The molecule has 1 fully saturated rings. The normalized spacial score (nSPS) is 24.6. The van der Waals surface area contributed by atoms with Crippen LogP contribution in [0, 0.1) is 5.92 Å². The molecule has 0 aromatic heterocycles. The molecule has 0 heterocycles. The van der Waals surface area contributed by atoms with E-state index in [-0.39, 0.29) is 0 Å². The maximum Gasteiger partial charge on any atom is 0.0618 e. The fourth-order valence-corrected chi connectivity index (χ4v) is 2.99. The smallest absolute Gasteiger partial charge is 0.0618 e. The van der Waals surface area contributed by atoms with Crippen LogP contribution in [0.3, 0.4) is 0 Å². The maximum absolute atomic E-state index is 5.34. The highest BCUT2D eigenvalue weighted by Crippen LogP contribution is 2.36. The Morgan fingerprint density at radius 1 is 1.29 bits per heavy atom. The van der Waals surface area contributed by atoms with Crippen molar-refractivity contribution in [1.82, 2.24) is 5.32 Å². The van der Waals surface area contributed by atoms with Crippen molar-refractivity contribution in [3.05, 3.63) is 35.4 Å². The molecule has 1 aromatic carbocycles. The minimum atomic E-state index is 0.548. The Labute approximate surface area is 103 Å². The molecule has 17 heavy (non-hydrogen) atoms. The summed E-state index contributed by atoms with van der Waals surface area (Å²) in [5.41, 5.74) is 3.03. The Kier molecular flexibility index (Phi) is 3.17. The van der Waals surface area contributed by atoms with Crippen LogP contribution in [0.25, 0.3) is 0 Å². The second-order valence-electron chi connectivity index (χ2n) is 5.36. The number of rotatable bonds is 5. The van der Waals surface area contributed by atoms with Crippen LogP contribution < -0.4 is 5.32 Å². The standard InChI is InChI=1S/C15H21NO/c1-17-10-15(12-6-7-12)16-14-9-8-11-4-2-3-5-13(11)14/h2-5,12,14-16H,6-10H2,1H3. The van der Waals surface area contributed by atoms with E-state index in [0.29, 0.717) is 12.1 Å². The van der Waals surface area contributed by atoms with Crippen LogP contribution in [-0.2, 0) is 11.2 Å². The monoisotopic (exact) mass is 231 g/mol. The van der Waals surface area contributed by atoms with E-state index in [2.05, 4.69) is 29.6 Å². The van der Waals surface area contributed by atoms with Crippen molar-refractivity contribution in [3.63, 3.8) is 0 Å². The van der Waals surface area contributed by atoms with E-state index in [1.807, 2.05) is 0 Å². The Morgan fingerprint density at radius 2 is 2.12 bits per heavy atom. The summed E-state index contributed by atoms with van der Waals surface area (Å²) in [5, 5.41) is 3.81. The third kappa shape index (κ3) is 2.38. The van der Waals surface area contributed by atoms with Crippen LogP contribution in [0.1, 0.15) is 36.4 Å². The zero-order valence-corrected chi connectivity index (χ0v) is 10.5. The van der Waals surface area contributed by atoms with Crippen molar-refractivity contribution >= 4 is 0 Å². The third-order valence-electron chi connectivity index (χ3n) is 4.09. The van der Waals surface area contributed by atoms with Gasteiger partial charge in [-0.15, -0.1) is 0 Å². The first-order chi connectivity index (χ1) is 8.38. The van der Waals surface area contributed by atoms with E-state index in [1.54, 1.807) is 7.11 Å². The molecular weight excluding hydrogens is 210 g/mol. The number of hydrogen-bond donors (Lipinski definition) is 1. The van der Waals surface area contributed by atoms with Crippen LogP contribution in [-0.4, -0.2) is 19.8 Å². The molecule has 1 aromatic rings. The first-order valence-electron chi connectivity index (χ1n) is 6.71. The van der Waals surface area contributed by atoms with Gasteiger partial charge in [-0.1, -0.05) is 24.3 Å². The van der Waals surface area contributed by atoms with Gasteiger partial charge in [-0.05, 0) is 42.7 Å². The lowest BCUT2D eigenvalue weighted by molar-refractivity contribution is 0.151. The molecule has 2 atom stereocenters. The molecule has 92 valence electrons. The summed E-state index contributed by atoms with van der Waals surface area (Å²) in [7, 11) is 1.81. The maximum atomic E-state index is 5.34. The van der Waals surface area contributed by atoms with Crippen molar-refractivity contribution in [1.29, 1.82) is 0 Å². The third-order valence-corrected chi connectivity index (χ3v) is 4.09. The molecule has 0 amide bonds. The van der Waals surface area contributed by atoms with E-state index in [4.69, 9.17) is 4.74 Å². The highest BCUT2D eigenvalue weighted by atomic mass is 16.5. The number of methoxy groups -OCH3 is 1. The molecule has 0 radical (unpaired) electrons. The van der Waals surface area contributed by atoms with Gasteiger partial charge in [0.1, 0.15) is 0 Å². The summed E-state index contributed by atoms with van der Waals surface area (Å²) >= 11 is 0. The summed E-state index contributed by atoms with van der Waals surface area (Å²) < 4.78 is 5.34. The molecule has 0 bridgehead atoms. The molecule has 1 saturated carbocycles. The van der Waals surface area contributed by atoms with Crippen molar-refractivity contribution < 1.29 is 4.74 Å². The molecule has 0 aliphatic heterocycles. The van der Waals surface area contributed by atoms with E-state index in [9.17, 15) is 0 Å². The van der Waals surface area contributed by atoms with Crippen molar-refractivity contribution in [2.45, 2.75) is 37.8 Å². The quantitative estimate of drug-likeness (QED) is 0.841. The van der Waals surface area contributed by atoms with Gasteiger partial charge in [0.15, 0.2) is 0 Å². The highest BCUT2D eigenvalue weighted by Gasteiger charge is 2.34. The van der Waals surface area contributed by atoms with Gasteiger partial charge >= 0.3 is 0 Å². The average molecular weight is 231 g/mol. The van der Waals surface area contributed by atoms with Crippen molar-refractivity contribution in [2.24, 2.45) is 5.92 Å². The Morgan fingerprint density at radius 3 is 2.88 bits per heavy atom. The fraction of sp³-hybridized carbons (Fsp3) is 0.600. The topological polar surface area (TPSA) is 21.3 Å². The second kappa shape index (κ2) is 4.79. The van der Waals surface area contributed by atoms with Crippen LogP contribution in [0.2, 0.25) is 0 Å². The van der Waals surface area contributed by atoms with Gasteiger partial charge in [0, 0.05) is 19.2 Å². The zero-order chi connectivity index (χ0) is 11.7. The lowest BCUT2D eigenvalue weighted by Crippen LogP contribution is -2.37. The van der Waals surface area contributed by atoms with Crippen molar-refractivity contribution in [2.75, 3.05) is 13.7 Å². The number of fused-ring (bicyclic) bond motifs is 1. The van der Waals surface area contributed by atoms with Gasteiger partial charge in [0.25, 0.3) is 0 Å². The average Bonchev–Trinajstić information content (AvgIpc) is 3.12. The molecule has 2 unspecified atom stereocenters. The number of ether oxygens (including phenoxy) is 1. The SMILES string of the molecule is COCC(NC1CCc2ccccc21)C1CC1. The molecule has 2 aliphatic carbocycles. The first-order valence-corrected chi connectivity index (χ1v) is 6.71. The van der Waals surface area contributed by atoms with Crippen LogP contribution in [0.15, 0.2) is 24.3 Å². The summed E-state index contributed by atoms with van der Waals surface area (Å²) in [6.07, 6.45) is 5.20. The summed E-state index contributed by atoms with van der Waals surface area (Å²) in [5.74, 6) is 0.850. The Hall–Kier alpha value is -0.860. The summed E-state index contributed by atoms with van der Waals surface area (Å²) in [6.45, 7) is 0.851. The Bertz CT molecular complexity index is 386. The first kappa shape index (κ1) is 11.2. The van der Waals surface area contributed by atoms with Gasteiger partial charge < -0.3 is 10.1 Å². The lowest BCUT2D eigenvalue weighted by Gasteiger charge is -2.23. The van der Waals surface area contributed by atoms with Gasteiger partial charge in [-0.25, -0.2) is 0 Å². The number of hydrogen-bond acceptors (Lipinski definition) is 2. The summed E-state index contributed by atoms with van der Waals surface area (Å²) in [4.78, 5) is 0. The van der Waals surface area contributed by atoms with E-state index in [1.165, 1.54) is 36.8 Å². The van der Waals surface area contributed by atoms with Crippen LogP contribution in [0.5, 0.6) is 0 Å². The summed E-state index contributed by atoms with van der Waals surface area (Å²) in [6, 6.07) is 9.94. The minimum absolute atomic E-state index is 0.548. The molecule has 0 spiro atoms. The zero-order valence-electron chi connectivity index (χ0n) is 10.5. The molecule has 0 saturated heterocycles. The molecular formula is C15H21NO. The second-order valence-corrected chi connectivity index (χ2v) is 5.36. The molecule has 2 aliphatic rings. The van der Waals surface area contributed by atoms with Crippen molar-refractivity contribution in [3.8, 4) is 0 Å². The lowest BCUT2D eigenvalue weighted by atomic mass is 10.1. The van der Waals surface area contributed by atoms with E-state index in [0.717, 1.165) is 12.5 Å². The molecule has 3 rings (SSSR count). The van der Waals surface area contributed by atoms with Crippen LogP contribution >= 0.6 is 0 Å². The largest absolute Gasteiger partial charge is 0.383 e. The number of nitrogens with one attached hydrogen (secondary N) is 1. The predicted molar refractivity (Wildman–Crippen MR) is 69.0 cm³/mol. The number of aryl methyl sites for hydroxylation is 1. The van der Waals surface area contributed by atoms with Gasteiger partial charge in [-0.3, -0.25) is 0 Å². The Balaban J connectivity index is 1.69. The van der Waals surface area contributed by atoms with Crippen LogP contribution in [0.4, 0.5) is 0 Å². The van der Waals surface area contributed by atoms with E-state index < -0.39 is 0 Å². The molecule has 1 N–H and O–H groups in total. The predicted octanol–water partition coefficient (Wildman–Crippen LogP) is 2.69. The van der Waals surface area contributed by atoms with Gasteiger partial charge in [-0.2, -0.15) is 0 Å². The molecule has 2 nitrogen and oxygen atoms in total. The number of benzene rings is 1. The van der Waals surface area contributed by atoms with E-state index >= 15 is 0 Å². The highest BCUT2D eigenvalue weighted by molar-refractivity contribution is 5.34. The van der Waals surface area contributed by atoms with Gasteiger partial charge in [0.2, 0.25) is 0 Å².